The Bertz CT molecular complexity index is 485. The molecule has 1 aliphatic rings. The number of amides is 2. The molecule has 4 nitrogen and oxygen atoms in total. The first-order valence-electron chi connectivity index (χ1n) is 6.35. The van der Waals surface area contributed by atoms with Gasteiger partial charge < -0.3 is 5.32 Å². The average molecular weight is 281 g/mol. The molecular weight excluding hydrogens is 264 g/mol. The van der Waals surface area contributed by atoms with Gasteiger partial charge in [0.25, 0.3) is 5.91 Å². The van der Waals surface area contributed by atoms with Crippen LogP contribution in [0, 0.1) is 5.92 Å². The number of rotatable bonds is 4. The molecule has 5 heteroatoms. The number of nitrogens with zero attached hydrogens (tertiary/aromatic N) is 1. The van der Waals surface area contributed by atoms with E-state index in [1.54, 1.807) is 24.3 Å². The minimum atomic E-state index is -0.412. The van der Waals surface area contributed by atoms with Crippen LogP contribution in [0.3, 0.4) is 0 Å². The highest BCUT2D eigenvalue weighted by atomic mass is 35.5. The van der Waals surface area contributed by atoms with Crippen molar-refractivity contribution in [3.8, 4) is 0 Å². The largest absolute Gasteiger partial charge is 0.305 e. The van der Waals surface area contributed by atoms with Crippen LogP contribution in [-0.2, 0) is 9.59 Å². The molecule has 0 radical (unpaired) electrons. The van der Waals surface area contributed by atoms with E-state index in [-0.39, 0.29) is 18.2 Å². The van der Waals surface area contributed by atoms with Crippen molar-refractivity contribution in [3.63, 3.8) is 0 Å². The summed E-state index contributed by atoms with van der Waals surface area (Å²) in [6, 6.07) is 6.30. The van der Waals surface area contributed by atoms with Gasteiger partial charge in [0.15, 0.2) is 0 Å². The summed E-state index contributed by atoms with van der Waals surface area (Å²) in [5.41, 5.74) is 0.577. The Hall–Kier alpha value is -1.39. The van der Waals surface area contributed by atoms with Gasteiger partial charge in [-0.15, -0.1) is 0 Å². The number of carbonyl (C=O) groups is 2. The Morgan fingerprint density at radius 1 is 1.32 bits per heavy atom. The van der Waals surface area contributed by atoms with Crippen molar-refractivity contribution in [1.29, 1.82) is 0 Å². The maximum absolute atomic E-state index is 12.2. The Morgan fingerprint density at radius 2 is 1.95 bits per heavy atom. The highest BCUT2D eigenvalue weighted by Crippen LogP contribution is 2.24. The fourth-order valence-electron chi connectivity index (χ4n) is 2.03. The maximum Gasteiger partial charge on any atom is 0.251 e. The summed E-state index contributed by atoms with van der Waals surface area (Å²) < 4.78 is 0. The van der Waals surface area contributed by atoms with Gasteiger partial charge in [-0.05, 0) is 36.7 Å². The third-order valence-electron chi connectivity index (χ3n) is 3.00. The van der Waals surface area contributed by atoms with E-state index in [0.717, 1.165) is 6.54 Å². The Kier molecular flexibility index (Phi) is 4.22. The maximum atomic E-state index is 12.2. The Labute approximate surface area is 117 Å². The van der Waals surface area contributed by atoms with Crippen molar-refractivity contribution in [2.75, 3.05) is 11.4 Å². The van der Waals surface area contributed by atoms with Gasteiger partial charge >= 0.3 is 0 Å². The molecule has 102 valence electrons. The number of carbonyl (C=O) groups excluding carboxylic acids is 2. The smallest absolute Gasteiger partial charge is 0.251 e. The van der Waals surface area contributed by atoms with E-state index in [1.165, 1.54) is 4.90 Å². The lowest BCUT2D eigenvalue weighted by molar-refractivity contribution is -0.121. The molecule has 1 aromatic rings. The van der Waals surface area contributed by atoms with Crippen LogP contribution in [0.25, 0.3) is 0 Å². The molecule has 19 heavy (non-hydrogen) atoms. The molecule has 1 aromatic carbocycles. The zero-order chi connectivity index (χ0) is 14.0. The van der Waals surface area contributed by atoms with Gasteiger partial charge in [-0.25, -0.2) is 4.90 Å². The molecule has 1 N–H and O–H groups in total. The molecule has 2 rings (SSSR count). The van der Waals surface area contributed by atoms with Crippen LogP contribution in [0.4, 0.5) is 5.69 Å². The summed E-state index contributed by atoms with van der Waals surface area (Å²) in [5, 5.41) is 3.72. The number of halogens is 1. The fourth-order valence-corrected chi connectivity index (χ4v) is 2.16. The van der Waals surface area contributed by atoms with Gasteiger partial charge in [0.1, 0.15) is 0 Å². The first-order valence-corrected chi connectivity index (χ1v) is 6.72. The number of imide groups is 1. The van der Waals surface area contributed by atoms with E-state index >= 15 is 0 Å². The van der Waals surface area contributed by atoms with Crippen molar-refractivity contribution in [3.05, 3.63) is 29.3 Å². The second-order valence-corrected chi connectivity index (χ2v) is 5.54. The van der Waals surface area contributed by atoms with Gasteiger partial charge in [-0.3, -0.25) is 9.59 Å². The molecule has 0 bridgehead atoms. The first kappa shape index (κ1) is 14.0. The molecule has 0 unspecified atom stereocenters. The number of nitrogens with one attached hydrogen (secondary N) is 1. The number of anilines is 1. The quantitative estimate of drug-likeness (QED) is 0.861. The lowest BCUT2D eigenvalue weighted by Gasteiger charge is -2.16. The standard InChI is InChI=1S/C14H17ClN2O2/c1-9(2)8-16-12-7-13(18)17(14(12)19)11-5-3-10(15)4-6-11/h3-6,9,12,16H,7-8H2,1-2H3/t12-/m0/s1. The summed E-state index contributed by atoms with van der Waals surface area (Å²) >= 11 is 5.80. The zero-order valence-electron chi connectivity index (χ0n) is 11.0. The van der Waals surface area contributed by atoms with Crippen molar-refractivity contribution in [2.45, 2.75) is 26.3 Å². The topological polar surface area (TPSA) is 49.4 Å². The van der Waals surface area contributed by atoms with E-state index in [9.17, 15) is 9.59 Å². The SMILES string of the molecule is CC(C)CN[C@H]1CC(=O)N(c2ccc(Cl)cc2)C1=O. The van der Waals surface area contributed by atoms with Crippen molar-refractivity contribution < 1.29 is 9.59 Å². The minimum Gasteiger partial charge on any atom is -0.305 e. The first-order chi connectivity index (χ1) is 8.99. The van der Waals surface area contributed by atoms with Gasteiger partial charge in [-0.2, -0.15) is 0 Å². The summed E-state index contributed by atoms with van der Waals surface area (Å²) in [4.78, 5) is 25.4. The minimum absolute atomic E-state index is 0.173. The molecular formula is C14H17ClN2O2. The Balaban J connectivity index is 2.12. The summed E-state index contributed by atoms with van der Waals surface area (Å²) in [5.74, 6) is 0.0778. The van der Waals surface area contributed by atoms with Crippen LogP contribution >= 0.6 is 11.6 Å². The third kappa shape index (κ3) is 3.14. The molecule has 2 amide bonds. The summed E-state index contributed by atoms with van der Waals surface area (Å²) in [6.07, 6.45) is 0.216. The molecule has 1 heterocycles. The highest BCUT2D eigenvalue weighted by molar-refractivity contribution is 6.30. The molecule has 0 aliphatic carbocycles. The lowest BCUT2D eigenvalue weighted by Crippen LogP contribution is -2.40. The highest BCUT2D eigenvalue weighted by Gasteiger charge is 2.39. The molecule has 0 saturated carbocycles. The molecule has 1 atom stereocenters. The predicted octanol–water partition coefficient (Wildman–Crippen LogP) is 2.22. The van der Waals surface area contributed by atoms with Crippen LogP contribution < -0.4 is 10.2 Å². The zero-order valence-corrected chi connectivity index (χ0v) is 11.8. The number of hydrogen-bond acceptors (Lipinski definition) is 3. The second-order valence-electron chi connectivity index (χ2n) is 5.10. The van der Waals surface area contributed by atoms with Gasteiger partial charge in [0.2, 0.25) is 5.91 Å². The van der Waals surface area contributed by atoms with E-state index in [1.807, 2.05) is 0 Å². The van der Waals surface area contributed by atoms with Gasteiger partial charge in [-0.1, -0.05) is 25.4 Å². The van der Waals surface area contributed by atoms with E-state index in [4.69, 9.17) is 11.6 Å². The van der Waals surface area contributed by atoms with Crippen LogP contribution in [0.5, 0.6) is 0 Å². The number of benzene rings is 1. The summed E-state index contributed by atoms with van der Waals surface area (Å²) in [6.45, 7) is 4.84. The fraction of sp³-hybridized carbons (Fsp3) is 0.429. The predicted molar refractivity (Wildman–Crippen MR) is 75.2 cm³/mol. The molecule has 0 spiro atoms. The van der Waals surface area contributed by atoms with Crippen LogP contribution in [0.15, 0.2) is 24.3 Å². The Morgan fingerprint density at radius 3 is 2.53 bits per heavy atom. The van der Waals surface area contributed by atoms with Crippen LogP contribution in [0.2, 0.25) is 5.02 Å². The van der Waals surface area contributed by atoms with Crippen LogP contribution in [-0.4, -0.2) is 24.4 Å². The molecule has 1 fully saturated rings. The number of hydrogen-bond donors (Lipinski definition) is 1. The van der Waals surface area contributed by atoms with E-state index in [0.29, 0.717) is 16.6 Å². The molecule has 1 aliphatic heterocycles. The van der Waals surface area contributed by atoms with Crippen molar-refractivity contribution in [1.82, 2.24) is 5.32 Å². The monoisotopic (exact) mass is 280 g/mol. The van der Waals surface area contributed by atoms with E-state index < -0.39 is 6.04 Å². The second kappa shape index (κ2) is 5.72. The molecule has 1 saturated heterocycles. The average Bonchev–Trinajstić information content (AvgIpc) is 2.63. The normalized spacial score (nSPS) is 19.6. The molecule has 0 aromatic heterocycles. The van der Waals surface area contributed by atoms with Gasteiger partial charge in [0, 0.05) is 5.02 Å². The third-order valence-corrected chi connectivity index (χ3v) is 3.26. The van der Waals surface area contributed by atoms with Crippen LogP contribution in [0.1, 0.15) is 20.3 Å². The van der Waals surface area contributed by atoms with Crippen molar-refractivity contribution >= 4 is 29.1 Å². The summed E-state index contributed by atoms with van der Waals surface area (Å²) in [7, 11) is 0. The van der Waals surface area contributed by atoms with Gasteiger partial charge in [0.05, 0.1) is 18.2 Å². The van der Waals surface area contributed by atoms with Crippen molar-refractivity contribution in [2.24, 2.45) is 5.92 Å². The lowest BCUT2D eigenvalue weighted by atomic mass is 10.2. The van der Waals surface area contributed by atoms with E-state index in [2.05, 4.69) is 19.2 Å².